The summed E-state index contributed by atoms with van der Waals surface area (Å²) < 4.78 is 1.18. The molecular formula is C11H19BrN2S. The molecule has 0 aliphatic rings. The molecule has 0 fully saturated rings. The summed E-state index contributed by atoms with van der Waals surface area (Å²) in [5.41, 5.74) is 5.89. The Morgan fingerprint density at radius 2 is 2.20 bits per heavy atom. The molecule has 0 aliphatic heterocycles. The maximum absolute atomic E-state index is 5.89. The Bertz CT molecular complexity index is 299. The first-order valence-electron chi connectivity index (χ1n) is 5.30. The molecular weight excluding hydrogens is 272 g/mol. The third-order valence-electron chi connectivity index (χ3n) is 2.60. The van der Waals surface area contributed by atoms with Gasteiger partial charge in [0.25, 0.3) is 0 Å². The van der Waals surface area contributed by atoms with Crippen molar-refractivity contribution in [3.05, 3.63) is 20.8 Å². The number of hydrogen-bond acceptors (Lipinski definition) is 3. The van der Waals surface area contributed by atoms with Gasteiger partial charge in [-0.3, -0.25) is 4.90 Å². The van der Waals surface area contributed by atoms with Crippen LogP contribution in [0.25, 0.3) is 0 Å². The summed E-state index contributed by atoms with van der Waals surface area (Å²) in [6.45, 7) is 8.32. The third kappa shape index (κ3) is 3.03. The highest BCUT2D eigenvalue weighted by Gasteiger charge is 2.22. The molecule has 1 aromatic rings. The van der Waals surface area contributed by atoms with Crippen molar-refractivity contribution in [2.24, 2.45) is 5.73 Å². The van der Waals surface area contributed by atoms with Crippen LogP contribution >= 0.6 is 27.3 Å². The second-order valence-corrected chi connectivity index (χ2v) is 5.61. The van der Waals surface area contributed by atoms with Gasteiger partial charge in [0.1, 0.15) is 0 Å². The molecule has 0 radical (unpaired) electrons. The van der Waals surface area contributed by atoms with Crippen molar-refractivity contribution in [1.82, 2.24) is 4.90 Å². The van der Waals surface area contributed by atoms with Crippen LogP contribution in [0.1, 0.15) is 31.7 Å². The molecule has 0 amide bonds. The predicted molar refractivity (Wildman–Crippen MR) is 71.3 cm³/mol. The molecule has 86 valence electrons. The Hall–Kier alpha value is 0.100. The number of rotatable bonds is 5. The Labute approximate surface area is 105 Å². The third-order valence-corrected chi connectivity index (χ3v) is 4.57. The lowest BCUT2D eigenvalue weighted by atomic mass is 10.1. The zero-order chi connectivity index (χ0) is 11.4. The van der Waals surface area contributed by atoms with E-state index in [9.17, 15) is 0 Å². The molecule has 2 nitrogen and oxygen atoms in total. The van der Waals surface area contributed by atoms with Crippen molar-refractivity contribution < 1.29 is 0 Å². The monoisotopic (exact) mass is 290 g/mol. The molecule has 1 aromatic heterocycles. The highest BCUT2D eigenvalue weighted by molar-refractivity contribution is 9.10. The average molecular weight is 291 g/mol. The van der Waals surface area contributed by atoms with Gasteiger partial charge in [0.15, 0.2) is 0 Å². The van der Waals surface area contributed by atoms with Gasteiger partial charge in [-0.2, -0.15) is 0 Å². The molecule has 0 saturated carbocycles. The summed E-state index contributed by atoms with van der Waals surface area (Å²) in [4.78, 5) is 3.77. The zero-order valence-electron chi connectivity index (χ0n) is 9.53. The van der Waals surface area contributed by atoms with E-state index in [0.717, 1.165) is 6.54 Å². The van der Waals surface area contributed by atoms with Crippen LogP contribution in [0, 0.1) is 0 Å². The topological polar surface area (TPSA) is 29.3 Å². The van der Waals surface area contributed by atoms with Crippen LogP contribution in [0.2, 0.25) is 0 Å². The SMILES string of the molecule is CCN(C(C)C)C(CN)c1sccc1Br. The van der Waals surface area contributed by atoms with Crippen LogP contribution in [0.3, 0.4) is 0 Å². The number of likely N-dealkylation sites (N-methyl/N-ethyl adjacent to an activating group) is 1. The molecule has 0 bridgehead atoms. The Morgan fingerprint density at radius 3 is 2.53 bits per heavy atom. The van der Waals surface area contributed by atoms with E-state index in [1.807, 2.05) is 0 Å². The number of nitrogens with zero attached hydrogens (tertiary/aromatic N) is 1. The van der Waals surface area contributed by atoms with Gasteiger partial charge >= 0.3 is 0 Å². The van der Waals surface area contributed by atoms with E-state index in [-0.39, 0.29) is 0 Å². The zero-order valence-corrected chi connectivity index (χ0v) is 11.9. The Morgan fingerprint density at radius 1 is 1.53 bits per heavy atom. The van der Waals surface area contributed by atoms with E-state index < -0.39 is 0 Å². The van der Waals surface area contributed by atoms with Gasteiger partial charge in [-0.05, 0) is 47.8 Å². The summed E-state index contributed by atoms with van der Waals surface area (Å²) in [7, 11) is 0. The first-order valence-corrected chi connectivity index (χ1v) is 6.97. The molecule has 4 heteroatoms. The molecule has 1 unspecified atom stereocenters. The quantitative estimate of drug-likeness (QED) is 0.902. The summed E-state index contributed by atoms with van der Waals surface area (Å²) in [5, 5.41) is 2.11. The van der Waals surface area contributed by atoms with E-state index >= 15 is 0 Å². The minimum atomic E-state index is 0.337. The highest BCUT2D eigenvalue weighted by atomic mass is 79.9. The molecule has 1 heterocycles. The normalized spacial score (nSPS) is 13.8. The summed E-state index contributed by atoms with van der Waals surface area (Å²) >= 11 is 5.36. The summed E-state index contributed by atoms with van der Waals surface area (Å²) in [6.07, 6.45) is 0. The van der Waals surface area contributed by atoms with Gasteiger partial charge in [-0.25, -0.2) is 0 Å². The van der Waals surface area contributed by atoms with E-state index in [1.54, 1.807) is 11.3 Å². The highest BCUT2D eigenvalue weighted by Crippen LogP contribution is 2.32. The van der Waals surface area contributed by atoms with Crippen molar-refractivity contribution >= 4 is 27.3 Å². The van der Waals surface area contributed by atoms with Gasteiger partial charge in [0, 0.05) is 21.9 Å². The number of thiophene rings is 1. The predicted octanol–water partition coefficient (Wildman–Crippen LogP) is 3.24. The molecule has 1 atom stereocenters. The van der Waals surface area contributed by atoms with Gasteiger partial charge in [0.05, 0.1) is 6.04 Å². The fraction of sp³-hybridized carbons (Fsp3) is 0.636. The Kier molecular flexibility index (Phi) is 5.26. The van der Waals surface area contributed by atoms with Crippen molar-refractivity contribution in [2.75, 3.05) is 13.1 Å². The molecule has 2 N–H and O–H groups in total. The lowest BCUT2D eigenvalue weighted by Crippen LogP contribution is -2.38. The lowest BCUT2D eigenvalue weighted by molar-refractivity contribution is 0.168. The van der Waals surface area contributed by atoms with Gasteiger partial charge in [-0.15, -0.1) is 11.3 Å². The van der Waals surface area contributed by atoms with Crippen molar-refractivity contribution in [2.45, 2.75) is 32.9 Å². The van der Waals surface area contributed by atoms with Gasteiger partial charge < -0.3 is 5.73 Å². The largest absolute Gasteiger partial charge is 0.329 e. The first-order chi connectivity index (χ1) is 7.11. The van der Waals surface area contributed by atoms with E-state index in [0.29, 0.717) is 18.6 Å². The summed E-state index contributed by atoms with van der Waals surface area (Å²) in [6, 6.07) is 2.96. The fourth-order valence-electron chi connectivity index (χ4n) is 1.88. The molecule has 0 aromatic carbocycles. The van der Waals surface area contributed by atoms with E-state index in [1.165, 1.54) is 9.35 Å². The number of halogens is 1. The van der Waals surface area contributed by atoms with Gasteiger partial charge in [0.2, 0.25) is 0 Å². The van der Waals surface area contributed by atoms with Crippen LogP contribution in [0.5, 0.6) is 0 Å². The Balaban J connectivity index is 2.92. The lowest BCUT2D eigenvalue weighted by Gasteiger charge is -2.32. The summed E-state index contributed by atoms with van der Waals surface area (Å²) in [5.74, 6) is 0. The second kappa shape index (κ2) is 5.99. The van der Waals surface area contributed by atoms with Crippen molar-refractivity contribution in [1.29, 1.82) is 0 Å². The minimum absolute atomic E-state index is 0.337. The maximum Gasteiger partial charge on any atom is 0.0577 e. The molecule has 15 heavy (non-hydrogen) atoms. The maximum atomic E-state index is 5.89. The van der Waals surface area contributed by atoms with Crippen molar-refractivity contribution in [3.63, 3.8) is 0 Å². The molecule has 1 rings (SSSR count). The van der Waals surface area contributed by atoms with Crippen LogP contribution in [0.15, 0.2) is 15.9 Å². The van der Waals surface area contributed by atoms with Crippen molar-refractivity contribution in [3.8, 4) is 0 Å². The molecule has 0 spiro atoms. The molecule has 0 saturated heterocycles. The van der Waals surface area contributed by atoms with Crippen LogP contribution in [-0.4, -0.2) is 24.0 Å². The minimum Gasteiger partial charge on any atom is -0.329 e. The fourth-order valence-corrected chi connectivity index (χ4v) is 3.65. The van der Waals surface area contributed by atoms with E-state index in [2.05, 4.69) is 53.0 Å². The van der Waals surface area contributed by atoms with Crippen LogP contribution in [-0.2, 0) is 0 Å². The van der Waals surface area contributed by atoms with Gasteiger partial charge in [-0.1, -0.05) is 6.92 Å². The first kappa shape index (κ1) is 13.2. The van der Waals surface area contributed by atoms with Crippen LogP contribution < -0.4 is 5.73 Å². The number of nitrogens with two attached hydrogens (primary N) is 1. The molecule has 0 aliphatic carbocycles. The standard InChI is InChI=1S/C11H19BrN2S/c1-4-14(8(2)3)10(7-13)11-9(12)5-6-15-11/h5-6,8,10H,4,7,13H2,1-3H3. The van der Waals surface area contributed by atoms with E-state index in [4.69, 9.17) is 5.73 Å². The average Bonchev–Trinajstić information content (AvgIpc) is 2.60. The number of hydrogen-bond donors (Lipinski definition) is 1. The smallest absolute Gasteiger partial charge is 0.0577 e. The van der Waals surface area contributed by atoms with Crippen LogP contribution in [0.4, 0.5) is 0 Å². The second-order valence-electron chi connectivity index (χ2n) is 3.81.